The van der Waals surface area contributed by atoms with Gasteiger partial charge in [0.15, 0.2) is 0 Å². The first kappa shape index (κ1) is 5.15. The average Bonchev–Trinajstić information content (AvgIpc) is 1.98. The van der Waals surface area contributed by atoms with E-state index in [0.29, 0.717) is 5.62 Å². The zero-order valence-corrected chi connectivity index (χ0v) is 5.05. The molecule has 0 saturated heterocycles. The predicted molar refractivity (Wildman–Crippen MR) is 30.2 cm³/mol. The Balaban J connectivity index is 3.42. The summed E-state index contributed by atoms with van der Waals surface area (Å²) in [6.07, 6.45) is 3.70. The topological polar surface area (TPSA) is 33.7 Å². The molecule has 0 unspecified atom stereocenters. The molecule has 1 rings (SSSR count). The lowest BCUT2D eigenvalue weighted by molar-refractivity contribution is 0.725. The fourth-order valence-electron chi connectivity index (χ4n) is 0.590. The van der Waals surface area contributed by atoms with Gasteiger partial charge in [-0.3, -0.25) is 5.41 Å². The van der Waals surface area contributed by atoms with Crippen molar-refractivity contribution in [2.45, 2.75) is 0 Å². The SMILES string of the molecule is Cn1ccn(C)c1=N. The minimum absolute atomic E-state index is 0.519. The molecule has 0 fully saturated rings. The largest absolute Gasteiger partial charge is 0.321 e. The maximum atomic E-state index is 7.25. The molecule has 0 spiro atoms. The summed E-state index contributed by atoms with van der Waals surface area (Å²) in [6.45, 7) is 0. The van der Waals surface area contributed by atoms with Crippen molar-refractivity contribution in [1.29, 1.82) is 5.41 Å². The molecule has 1 heterocycles. The molecule has 1 aromatic heterocycles. The lowest BCUT2D eigenvalue weighted by atomic mass is 10.9. The van der Waals surface area contributed by atoms with Crippen molar-refractivity contribution in [2.24, 2.45) is 14.1 Å². The van der Waals surface area contributed by atoms with E-state index in [1.165, 1.54) is 0 Å². The Morgan fingerprint density at radius 1 is 1.25 bits per heavy atom. The molecule has 0 saturated carbocycles. The first-order chi connectivity index (χ1) is 3.72. The third-order valence-corrected chi connectivity index (χ3v) is 1.18. The number of aromatic nitrogens is 2. The van der Waals surface area contributed by atoms with E-state index in [9.17, 15) is 0 Å². The van der Waals surface area contributed by atoms with Gasteiger partial charge in [-0.25, -0.2) is 0 Å². The van der Waals surface area contributed by atoms with Crippen molar-refractivity contribution in [1.82, 2.24) is 9.13 Å². The highest BCUT2D eigenvalue weighted by Crippen LogP contribution is 1.72. The van der Waals surface area contributed by atoms with E-state index in [-0.39, 0.29) is 0 Å². The Kier molecular flexibility index (Phi) is 0.970. The van der Waals surface area contributed by atoms with Crippen LogP contribution < -0.4 is 5.62 Å². The zero-order chi connectivity index (χ0) is 6.15. The maximum absolute atomic E-state index is 7.25. The molecule has 0 radical (unpaired) electrons. The Labute approximate surface area is 47.7 Å². The summed E-state index contributed by atoms with van der Waals surface area (Å²) >= 11 is 0. The van der Waals surface area contributed by atoms with Crippen molar-refractivity contribution < 1.29 is 0 Å². The summed E-state index contributed by atoms with van der Waals surface area (Å²) in [7, 11) is 3.70. The van der Waals surface area contributed by atoms with Gasteiger partial charge in [0.05, 0.1) is 0 Å². The minimum atomic E-state index is 0.519. The standard InChI is InChI=1S/C5H9N3/c1-7-3-4-8(2)5(7)6/h3-4,6H,1-2H3. The summed E-state index contributed by atoms with van der Waals surface area (Å²) in [5.74, 6) is 0. The summed E-state index contributed by atoms with van der Waals surface area (Å²) in [4.78, 5) is 0. The molecule has 0 atom stereocenters. The molecular weight excluding hydrogens is 102 g/mol. The molecular formula is C5H9N3. The molecule has 8 heavy (non-hydrogen) atoms. The van der Waals surface area contributed by atoms with Crippen LogP contribution in [0.25, 0.3) is 0 Å². The normalized spacial score (nSPS) is 9.75. The molecule has 0 bridgehead atoms. The van der Waals surface area contributed by atoms with E-state index in [4.69, 9.17) is 5.41 Å². The van der Waals surface area contributed by atoms with Crippen LogP contribution in [0.15, 0.2) is 12.4 Å². The number of rotatable bonds is 0. The van der Waals surface area contributed by atoms with Crippen molar-refractivity contribution in [2.75, 3.05) is 0 Å². The molecule has 1 aromatic rings. The van der Waals surface area contributed by atoms with E-state index < -0.39 is 0 Å². The number of imidazole rings is 1. The lowest BCUT2D eigenvalue weighted by Crippen LogP contribution is -2.19. The van der Waals surface area contributed by atoms with E-state index in [1.54, 1.807) is 9.13 Å². The summed E-state index contributed by atoms with van der Waals surface area (Å²) in [5.41, 5.74) is 0.519. The number of aryl methyl sites for hydroxylation is 2. The van der Waals surface area contributed by atoms with Gasteiger partial charge in [0.25, 0.3) is 0 Å². The summed E-state index contributed by atoms with van der Waals surface area (Å²) < 4.78 is 3.50. The van der Waals surface area contributed by atoms with Crippen LogP contribution in [0, 0.1) is 5.41 Å². The van der Waals surface area contributed by atoms with Gasteiger partial charge in [0, 0.05) is 26.5 Å². The van der Waals surface area contributed by atoms with Crippen LogP contribution in [-0.4, -0.2) is 9.13 Å². The monoisotopic (exact) mass is 111 g/mol. The van der Waals surface area contributed by atoms with Crippen LogP contribution in [0.1, 0.15) is 0 Å². The van der Waals surface area contributed by atoms with Gasteiger partial charge in [-0.15, -0.1) is 0 Å². The quantitative estimate of drug-likeness (QED) is 0.483. The Hall–Kier alpha value is -0.990. The van der Waals surface area contributed by atoms with Gasteiger partial charge < -0.3 is 9.13 Å². The predicted octanol–water partition coefficient (Wildman–Crippen LogP) is -0.157. The zero-order valence-electron chi connectivity index (χ0n) is 5.05. The van der Waals surface area contributed by atoms with Crippen LogP contribution in [0.4, 0.5) is 0 Å². The molecule has 3 heteroatoms. The number of hydrogen-bond donors (Lipinski definition) is 1. The number of nitrogens with one attached hydrogen (secondary N) is 1. The Bertz CT molecular complexity index is 208. The van der Waals surface area contributed by atoms with Gasteiger partial charge in [-0.1, -0.05) is 0 Å². The smallest absolute Gasteiger partial charge is 0.201 e. The van der Waals surface area contributed by atoms with Crippen molar-refractivity contribution in [3.63, 3.8) is 0 Å². The molecule has 0 aliphatic carbocycles. The first-order valence-electron chi connectivity index (χ1n) is 2.44. The van der Waals surface area contributed by atoms with Crippen molar-refractivity contribution in [3.05, 3.63) is 18.0 Å². The van der Waals surface area contributed by atoms with Gasteiger partial charge in [-0.2, -0.15) is 0 Å². The van der Waals surface area contributed by atoms with Gasteiger partial charge in [0.2, 0.25) is 5.62 Å². The molecule has 0 aromatic carbocycles. The van der Waals surface area contributed by atoms with Gasteiger partial charge >= 0.3 is 0 Å². The van der Waals surface area contributed by atoms with E-state index >= 15 is 0 Å². The van der Waals surface area contributed by atoms with E-state index in [0.717, 1.165) is 0 Å². The van der Waals surface area contributed by atoms with Crippen LogP contribution in [0.3, 0.4) is 0 Å². The second kappa shape index (κ2) is 1.51. The van der Waals surface area contributed by atoms with E-state index in [2.05, 4.69) is 0 Å². The highest BCUT2D eigenvalue weighted by atomic mass is 15.1. The molecule has 0 aliphatic heterocycles. The fourth-order valence-corrected chi connectivity index (χ4v) is 0.590. The molecule has 3 nitrogen and oxygen atoms in total. The van der Waals surface area contributed by atoms with Crippen LogP contribution in [0.5, 0.6) is 0 Å². The second-order valence-electron chi connectivity index (χ2n) is 1.84. The lowest BCUT2D eigenvalue weighted by Gasteiger charge is -1.86. The Morgan fingerprint density at radius 3 is 1.75 bits per heavy atom. The van der Waals surface area contributed by atoms with Crippen LogP contribution in [0.2, 0.25) is 0 Å². The highest BCUT2D eigenvalue weighted by molar-refractivity contribution is 4.74. The maximum Gasteiger partial charge on any atom is 0.201 e. The number of hydrogen-bond acceptors (Lipinski definition) is 1. The third kappa shape index (κ3) is 0.559. The summed E-state index contributed by atoms with van der Waals surface area (Å²) in [6, 6.07) is 0. The second-order valence-corrected chi connectivity index (χ2v) is 1.84. The summed E-state index contributed by atoms with van der Waals surface area (Å²) in [5, 5.41) is 7.25. The van der Waals surface area contributed by atoms with Crippen molar-refractivity contribution >= 4 is 0 Å². The molecule has 44 valence electrons. The third-order valence-electron chi connectivity index (χ3n) is 1.18. The highest BCUT2D eigenvalue weighted by Gasteiger charge is 1.85. The van der Waals surface area contributed by atoms with Crippen LogP contribution >= 0.6 is 0 Å². The molecule has 1 N–H and O–H groups in total. The Morgan fingerprint density at radius 2 is 1.62 bits per heavy atom. The average molecular weight is 111 g/mol. The first-order valence-corrected chi connectivity index (χ1v) is 2.44. The minimum Gasteiger partial charge on any atom is -0.321 e. The van der Waals surface area contributed by atoms with Crippen molar-refractivity contribution in [3.8, 4) is 0 Å². The fraction of sp³-hybridized carbons (Fsp3) is 0.400. The number of nitrogens with zero attached hydrogens (tertiary/aromatic N) is 2. The van der Waals surface area contributed by atoms with Gasteiger partial charge in [-0.05, 0) is 0 Å². The van der Waals surface area contributed by atoms with E-state index in [1.807, 2.05) is 26.5 Å². The van der Waals surface area contributed by atoms with Gasteiger partial charge in [0.1, 0.15) is 0 Å². The van der Waals surface area contributed by atoms with Crippen LogP contribution in [-0.2, 0) is 14.1 Å². The molecule has 0 amide bonds. The molecule has 0 aliphatic rings.